The minimum absolute atomic E-state index is 0.0106. The van der Waals surface area contributed by atoms with Gasteiger partial charge < -0.3 is 15.4 Å². The Hall–Kier alpha value is -5.56. The maximum atomic E-state index is 16.0. The number of aromatic amines is 1. The van der Waals surface area contributed by atoms with Crippen LogP contribution in [0.4, 0.5) is 35.1 Å². The highest BCUT2D eigenvalue weighted by atomic mass is 19.4. The Kier molecular flexibility index (Phi) is 9.20. The summed E-state index contributed by atoms with van der Waals surface area (Å²) in [5, 5.41) is 16.1. The van der Waals surface area contributed by atoms with E-state index in [2.05, 4.69) is 43.8 Å². The number of carbonyl (C=O) groups excluding carboxylic acids is 1. The van der Waals surface area contributed by atoms with Crippen molar-refractivity contribution in [2.75, 3.05) is 0 Å². The molecule has 5 aromatic rings. The standard InChI is InChI=1S/C36H28F8N6O2/c1-4-19-14-25-31(36(42,43)44)49-50(32(25)35(19,40)41)17-28(51)48-27(13-18-11-20(37)15-21(38)12-18)30-23(6-5-22(47-30)7-9-34(2,3)52)26-16-46-33-24(29(26)39)8-10-45-33/h4-6,8,10-12,15-16,19,27,52H,1,13-14,17H2,2-3H3,(H,45,46)(H,48,51)/t19-,27+/m1/s1. The highest BCUT2D eigenvalue weighted by Crippen LogP contribution is 2.50. The lowest BCUT2D eigenvalue weighted by Gasteiger charge is -2.23. The number of rotatable bonds is 8. The third-order valence-electron chi connectivity index (χ3n) is 8.36. The van der Waals surface area contributed by atoms with Crippen molar-refractivity contribution in [2.45, 2.75) is 57.0 Å². The first-order valence-corrected chi connectivity index (χ1v) is 15.7. The SMILES string of the molecule is C=C[C@@H]1Cc2c(C(F)(F)F)nn(CC(=O)N[C@@H](Cc3cc(F)cc(F)c3)c3nc(C#CC(C)(C)O)ccc3-c3cnc4[nH]ccc4c3F)c2C1(F)F. The van der Waals surface area contributed by atoms with Crippen LogP contribution in [0.2, 0.25) is 0 Å². The molecule has 0 aliphatic heterocycles. The maximum absolute atomic E-state index is 16.0. The van der Waals surface area contributed by atoms with Crippen molar-refractivity contribution in [1.82, 2.24) is 30.0 Å². The summed E-state index contributed by atoms with van der Waals surface area (Å²) in [6.45, 7) is 4.98. The van der Waals surface area contributed by atoms with Crippen LogP contribution in [0.15, 0.2) is 61.4 Å². The molecule has 1 amide bonds. The van der Waals surface area contributed by atoms with E-state index in [0.29, 0.717) is 6.07 Å². The molecule has 6 rings (SSSR count). The molecule has 0 saturated carbocycles. The monoisotopic (exact) mass is 728 g/mol. The van der Waals surface area contributed by atoms with E-state index < -0.39 is 89.4 Å². The number of fused-ring (bicyclic) bond motifs is 2. The van der Waals surface area contributed by atoms with Gasteiger partial charge in [-0.15, -0.1) is 6.58 Å². The fourth-order valence-electron chi connectivity index (χ4n) is 6.14. The molecule has 1 aromatic carbocycles. The normalized spacial score (nSPS) is 15.9. The molecule has 16 heteroatoms. The fraction of sp³-hybridized carbons (Fsp3) is 0.278. The van der Waals surface area contributed by atoms with E-state index in [1.807, 2.05) is 0 Å². The van der Waals surface area contributed by atoms with Crippen LogP contribution >= 0.6 is 0 Å². The number of aliphatic hydroxyl groups is 1. The number of alkyl halides is 5. The van der Waals surface area contributed by atoms with Gasteiger partial charge >= 0.3 is 6.18 Å². The Morgan fingerprint density at radius 3 is 2.52 bits per heavy atom. The molecule has 4 aromatic heterocycles. The molecule has 0 radical (unpaired) electrons. The van der Waals surface area contributed by atoms with Gasteiger partial charge in [0.15, 0.2) is 5.69 Å². The van der Waals surface area contributed by atoms with Crippen molar-refractivity contribution in [3.8, 4) is 23.0 Å². The smallest absolute Gasteiger partial charge is 0.378 e. The Morgan fingerprint density at radius 1 is 1.15 bits per heavy atom. The van der Waals surface area contributed by atoms with Gasteiger partial charge in [-0.05, 0) is 68.5 Å². The largest absolute Gasteiger partial charge is 0.435 e. The molecule has 0 unspecified atom stereocenters. The lowest BCUT2D eigenvalue weighted by atomic mass is 9.95. The lowest BCUT2D eigenvalue weighted by molar-refractivity contribution is -0.142. The Balaban J connectivity index is 1.48. The second kappa shape index (κ2) is 13.2. The minimum Gasteiger partial charge on any atom is -0.378 e. The van der Waals surface area contributed by atoms with Crippen LogP contribution in [0, 0.1) is 35.2 Å². The number of pyridine rings is 2. The second-order valence-corrected chi connectivity index (χ2v) is 12.8. The first kappa shape index (κ1) is 36.2. The zero-order valence-corrected chi connectivity index (χ0v) is 27.3. The number of hydrogen-bond donors (Lipinski definition) is 3. The van der Waals surface area contributed by atoms with Crippen LogP contribution in [0.5, 0.6) is 0 Å². The lowest BCUT2D eigenvalue weighted by Crippen LogP contribution is -2.35. The number of aromatic nitrogens is 5. The number of nitrogens with zero attached hydrogens (tertiary/aromatic N) is 4. The van der Waals surface area contributed by atoms with Crippen LogP contribution in [-0.2, 0) is 36.3 Å². The van der Waals surface area contributed by atoms with Crippen LogP contribution in [-0.4, -0.2) is 41.3 Å². The van der Waals surface area contributed by atoms with Crippen LogP contribution in [0.25, 0.3) is 22.2 Å². The van der Waals surface area contributed by atoms with E-state index in [4.69, 9.17) is 0 Å². The van der Waals surface area contributed by atoms with Crippen molar-refractivity contribution < 1.29 is 45.0 Å². The first-order chi connectivity index (χ1) is 24.4. The second-order valence-electron chi connectivity index (χ2n) is 12.8. The van der Waals surface area contributed by atoms with Crippen molar-refractivity contribution in [1.29, 1.82) is 0 Å². The quantitative estimate of drug-likeness (QED) is 0.0913. The topological polar surface area (TPSA) is 109 Å². The van der Waals surface area contributed by atoms with E-state index in [1.54, 1.807) is 0 Å². The first-order valence-electron chi connectivity index (χ1n) is 15.7. The van der Waals surface area contributed by atoms with Crippen molar-refractivity contribution in [2.24, 2.45) is 5.92 Å². The number of nitrogens with one attached hydrogen (secondary N) is 2. The number of allylic oxidation sites excluding steroid dienone is 1. The third-order valence-corrected chi connectivity index (χ3v) is 8.36. The van der Waals surface area contributed by atoms with Gasteiger partial charge in [0.25, 0.3) is 5.92 Å². The molecule has 0 saturated heterocycles. The van der Waals surface area contributed by atoms with Gasteiger partial charge in [-0.3, -0.25) is 9.48 Å². The van der Waals surface area contributed by atoms with Gasteiger partial charge in [0.05, 0.1) is 23.0 Å². The van der Waals surface area contributed by atoms with Crippen molar-refractivity contribution >= 4 is 16.9 Å². The third kappa shape index (κ3) is 7.13. The minimum atomic E-state index is -5.12. The molecular formula is C36H28F8N6O2. The highest BCUT2D eigenvalue weighted by molar-refractivity contribution is 5.83. The number of amides is 1. The van der Waals surface area contributed by atoms with E-state index in [0.717, 1.165) is 18.2 Å². The predicted molar refractivity (Wildman–Crippen MR) is 172 cm³/mol. The Morgan fingerprint density at radius 2 is 1.87 bits per heavy atom. The average Bonchev–Trinajstić information content (AvgIpc) is 3.73. The molecule has 2 atom stereocenters. The fourth-order valence-corrected chi connectivity index (χ4v) is 6.14. The van der Waals surface area contributed by atoms with Crippen molar-refractivity contribution in [3.05, 3.63) is 113 Å². The summed E-state index contributed by atoms with van der Waals surface area (Å²) in [5.74, 6) is -4.14. The molecule has 8 nitrogen and oxygen atoms in total. The molecule has 4 heterocycles. The summed E-state index contributed by atoms with van der Waals surface area (Å²) in [4.78, 5) is 25.2. The predicted octanol–water partition coefficient (Wildman–Crippen LogP) is 6.93. The van der Waals surface area contributed by atoms with Gasteiger partial charge in [0.2, 0.25) is 5.91 Å². The number of hydrogen-bond acceptors (Lipinski definition) is 5. The van der Waals surface area contributed by atoms with Gasteiger partial charge in [-0.1, -0.05) is 12.0 Å². The molecule has 270 valence electrons. The van der Waals surface area contributed by atoms with E-state index in [1.165, 1.54) is 44.4 Å². The summed E-state index contributed by atoms with van der Waals surface area (Å²) in [7, 11) is 0. The summed E-state index contributed by atoms with van der Waals surface area (Å²) in [5.41, 5.74) is -4.94. The number of benzene rings is 1. The van der Waals surface area contributed by atoms with Crippen molar-refractivity contribution in [3.63, 3.8) is 0 Å². The van der Waals surface area contributed by atoms with Crippen LogP contribution < -0.4 is 5.32 Å². The molecule has 0 bridgehead atoms. The van der Waals surface area contributed by atoms with Crippen LogP contribution in [0.3, 0.4) is 0 Å². The van der Waals surface area contributed by atoms with Crippen LogP contribution in [0.1, 0.15) is 53.8 Å². The van der Waals surface area contributed by atoms with Gasteiger partial charge in [0.1, 0.15) is 46.6 Å². The molecular weight excluding hydrogens is 700 g/mol. The zero-order chi connectivity index (χ0) is 37.7. The number of H-pyrrole nitrogens is 1. The summed E-state index contributed by atoms with van der Waals surface area (Å²) >= 11 is 0. The molecule has 1 aliphatic rings. The zero-order valence-electron chi connectivity index (χ0n) is 27.3. The molecule has 3 N–H and O–H groups in total. The highest BCUT2D eigenvalue weighted by Gasteiger charge is 2.55. The van der Waals surface area contributed by atoms with E-state index >= 15 is 13.2 Å². The van der Waals surface area contributed by atoms with Gasteiger partial charge in [-0.2, -0.15) is 27.1 Å². The number of halogens is 8. The molecule has 52 heavy (non-hydrogen) atoms. The Labute approximate surface area is 290 Å². The summed E-state index contributed by atoms with van der Waals surface area (Å²) in [6.07, 6.45) is -2.79. The molecule has 0 spiro atoms. The van der Waals surface area contributed by atoms with Gasteiger partial charge in [0, 0.05) is 35.2 Å². The summed E-state index contributed by atoms with van der Waals surface area (Å²) in [6, 6.07) is 5.31. The summed E-state index contributed by atoms with van der Waals surface area (Å²) < 4.78 is 117. The molecule has 0 fully saturated rings. The number of carbonyl (C=O) groups is 1. The average molecular weight is 729 g/mol. The Bertz CT molecular complexity index is 2260. The maximum Gasteiger partial charge on any atom is 0.435 e. The van der Waals surface area contributed by atoms with Gasteiger partial charge in [-0.25, -0.2) is 23.1 Å². The van der Waals surface area contributed by atoms with E-state index in [-0.39, 0.29) is 43.8 Å². The molecule has 1 aliphatic carbocycles. The van der Waals surface area contributed by atoms with E-state index in [9.17, 15) is 31.9 Å².